The highest BCUT2D eigenvalue weighted by Crippen LogP contribution is 2.17. The van der Waals surface area contributed by atoms with Gasteiger partial charge in [-0.2, -0.15) is 0 Å². The zero-order chi connectivity index (χ0) is 21.7. The van der Waals surface area contributed by atoms with Gasteiger partial charge in [0, 0.05) is 17.3 Å². The van der Waals surface area contributed by atoms with Crippen molar-refractivity contribution in [3.05, 3.63) is 95.3 Å². The molecule has 3 aromatic carbocycles. The first-order chi connectivity index (χ1) is 14.2. The number of sulfonamides is 1. The fourth-order valence-electron chi connectivity index (χ4n) is 2.97. The molecule has 0 radical (unpaired) electrons. The molecule has 156 valence electrons. The number of amides is 1. The summed E-state index contributed by atoms with van der Waals surface area (Å²) in [6.45, 7) is 3.70. The molecule has 2 N–H and O–H groups in total. The molecule has 0 aliphatic rings. The Kier molecular flexibility index (Phi) is 6.52. The van der Waals surface area contributed by atoms with Crippen molar-refractivity contribution in [2.45, 2.75) is 31.2 Å². The van der Waals surface area contributed by atoms with Crippen LogP contribution in [-0.2, 0) is 16.4 Å². The minimum Gasteiger partial charge on any atom is -0.349 e. The molecule has 0 heterocycles. The number of halogens is 1. The van der Waals surface area contributed by atoms with E-state index in [1.54, 1.807) is 37.3 Å². The Morgan fingerprint density at radius 2 is 1.60 bits per heavy atom. The zero-order valence-electron chi connectivity index (χ0n) is 16.7. The van der Waals surface area contributed by atoms with Crippen LogP contribution < -0.4 is 10.0 Å². The van der Waals surface area contributed by atoms with Crippen LogP contribution in [0.2, 0.25) is 0 Å². The molecule has 0 fully saturated rings. The number of hydrogen-bond acceptors (Lipinski definition) is 3. The molecule has 1 amide bonds. The summed E-state index contributed by atoms with van der Waals surface area (Å²) in [6, 6.07) is 18.8. The maximum absolute atomic E-state index is 13.8. The van der Waals surface area contributed by atoms with Crippen LogP contribution in [0.15, 0.2) is 77.7 Å². The highest BCUT2D eigenvalue weighted by molar-refractivity contribution is 7.92. The standard InChI is InChI=1S/C23H23FN2O3S/c1-16-7-11-20(12-8-16)26-30(28,29)21-13-9-18(10-14-21)23(27)25-17(2)15-19-5-3-4-6-22(19)24/h3-14,17,26H,15H2,1-2H3,(H,25,27). The smallest absolute Gasteiger partial charge is 0.261 e. The lowest BCUT2D eigenvalue weighted by atomic mass is 10.1. The number of benzene rings is 3. The van der Waals surface area contributed by atoms with Gasteiger partial charge < -0.3 is 5.32 Å². The third kappa shape index (κ3) is 5.45. The summed E-state index contributed by atoms with van der Waals surface area (Å²) in [7, 11) is -3.76. The van der Waals surface area contributed by atoms with Gasteiger partial charge in [-0.25, -0.2) is 12.8 Å². The second-order valence-electron chi connectivity index (χ2n) is 7.17. The summed E-state index contributed by atoms with van der Waals surface area (Å²) in [5.74, 6) is -0.663. The van der Waals surface area contributed by atoms with Gasteiger partial charge in [0.05, 0.1) is 4.90 Å². The summed E-state index contributed by atoms with van der Waals surface area (Å²) in [5.41, 5.74) is 2.33. The van der Waals surface area contributed by atoms with Crippen LogP contribution in [-0.4, -0.2) is 20.4 Å². The largest absolute Gasteiger partial charge is 0.349 e. The van der Waals surface area contributed by atoms with E-state index in [1.165, 1.54) is 30.3 Å². The molecule has 0 spiro atoms. The normalized spacial score (nSPS) is 12.2. The molecule has 7 heteroatoms. The van der Waals surface area contributed by atoms with E-state index in [0.717, 1.165) is 5.56 Å². The summed E-state index contributed by atoms with van der Waals surface area (Å²) in [4.78, 5) is 12.5. The van der Waals surface area contributed by atoms with Crippen molar-refractivity contribution in [3.8, 4) is 0 Å². The van der Waals surface area contributed by atoms with Crippen LogP contribution in [0, 0.1) is 12.7 Å². The van der Waals surface area contributed by atoms with Crippen LogP contribution in [0.4, 0.5) is 10.1 Å². The van der Waals surface area contributed by atoms with E-state index in [1.807, 2.05) is 19.1 Å². The number of nitrogens with one attached hydrogen (secondary N) is 2. The predicted molar refractivity (Wildman–Crippen MR) is 115 cm³/mol. The predicted octanol–water partition coefficient (Wildman–Crippen LogP) is 4.30. The highest BCUT2D eigenvalue weighted by Gasteiger charge is 2.16. The van der Waals surface area contributed by atoms with Gasteiger partial charge in [-0.1, -0.05) is 35.9 Å². The van der Waals surface area contributed by atoms with Crippen molar-refractivity contribution in [2.75, 3.05) is 4.72 Å². The SMILES string of the molecule is Cc1ccc(NS(=O)(=O)c2ccc(C(=O)NC(C)Cc3ccccc3F)cc2)cc1. The Labute approximate surface area is 176 Å². The topological polar surface area (TPSA) is 75.3 Å². The lowest BCUT2D eigenvalue weighted by molar-refractivity contribution is 0.0940. The molecule has 5 nitrogen and oxygen atoms in total. The van der Waals surface area contributed by atoms with Crippen LogP contribution >= 0.6 is 0 Å². The van der Waals surface area contributed by atoms with Crippen molar-refractivity contribution >= 4 is 21.6 Å². The van der Waals surface area contributed by atoms with E-state index in [0.29, 0.717) is 23.2 Å². The minimum absolute atomic E-state index is 0.0547. The average Bonchev–Trinajstić information content (AvgIpc) is 2.71. The first-order valence-electron chi connectivity index (χ1n) is 9.48. The molecular formula is C23H23FN2O3S. The first kappa shape index (κ1) is 21.5. The van der Waals surface area contributed by atoms with E-state index in [4.69, 9.17) is 0 Å². The van der Waals surface area contributed by atoms with E-state index >= 15 is 0 Å². The van der Waals surface area contributed by atoms with Gasteiger partial charge in [-0.15, -0.1) is 0 Å². The molecule has 3 aromatic rings. The molecule has 3 rings (SSSR count). The van der Waals surface area contributed by atoms with Gasteiger partial charge in [-0.05, 0) is 68.3 Å². The quantitative estimate of drug-likeness (QED) is 0.592. The summed E-state index contributed by atoms with van der Waals surface area (Å²) in [6.07, 6.45) is 0.353. The number of carbonyl (C=O) groups is 1. The van der Waals surface area contributed by atoms with Crippen molar-refractivity contribution in [3.63, 3.8) is 0 Å². The maximum atomic E-state index is 13.8. The number of rotatable bonds is 7. The van der Waals surface area contributed by atoms with Gasteiger partial charge >= 0.3 is 0 Å². The lowest BCUT2D eigenvalue weighted by Gasteiger charge is -2.15. The number of carbonyl (C=O) groups excluding carboxylic acids is 1. The van der Waals surface area contributed by atoms with Gasteiger partial charge in [0.25, 0.3) is 15.9 Å². The molecule has 0 saturated carbocycles. The molecule has 1 atom stereocenters. The van der Waals surface area contributed by atoms with Gasteiger partial charge in [-0.3, -0.25) is 9.52 Å². The maximum Gasteiger partial charge on any atom is 0.261 e. The fraction of sp³-hybridized carbons (Fsp3) is 0.174. The van der Waals surface area contributed by atoms with Crippen molar-refractivity contribution in [2.24, 2.45) is 0 Å². The minimum atomic E-state index is -3.76. The molecule has 0 saturated heterocycles. The monoisotopic (exact) mass is 426 g/mol. The van der Waals surface area contributed by atoms with Gasteiger partial charge in [0.1, 0.15) is 5.82 Å². The first-order valence-corrected chi connectivity index (χ1v) is 11.0. The van der Waals surface area contributed by atoms with E-state index in [-0.39, 0.29) is 22.7 Å². The number of anilines is 1. The van der Waals surface area contributed by atoms with Gasteiger partial charge in [0.2, 0.25) is 0 Å². The Morgan fingerprint density at radius 1 is 0.967 bits per heavy atom. The average molecular weight is 427 g/mol. The molecule has 0 aromatic heterocycles. The Hall–Kier alpha value is -3.19. The third-order valence-electron chi connectivity index (χ3n) is 4.59. The van der Waals surface area contributed by atoms with Crippen LogP contribution in [0.3, 0.4) is 0 Å². The van der Waals surface area contributed by atoms with Crippen molar-refractivity contribution < 1.29 is 17.6 Å². The molecular weight excluding hydrogens is 403 g/mol. The molecule has 30 heavy (non-hydrogen) atoms. The Balaban J connectivity index is 1.64. The molecule has 1 unspecified atom stereocenters. The van der Waals surface area contributed by atoms with Crippen molar-refractivity contribution in [1.29, 1.82) is 0 Å². The number of hydrogen-bond donors (Lipinski definition) is 2. The van der Waals surface area contributed by atoms with E-state index in [2.05, 4.69) is 10.0 Å². The van der Waals surface area contributed by atoms with E-state index in [9.17, 15) is 17.6 Å². The molecule has 0 aliphatic heterocycles. The summed E-state index contributed by atoms with van der Waals surface area (Å²) < 4.78 is 41.3. The summed E-state index contributed by atoms with van der Waals surface area (Å²) in [5, 5.41) is 2.80. The summed E-state index contributed by atoms with van der Waals surface area (Å²) >= 11 is 0. The van der Waals surface area contributed by atoms with Crippen LogP contribution in [0.5, 0.6) is 0 Å². The third-order valence-corrected chi connectivity index (χ3v) is 5.99. The molecule has 0 aliphatic carbocycles. The molecule has 0 bridgehead atoms. The highest BCUT2D eigenvalue weighted by atomic mass is 32.2. The Bertz CT molecular complexity index is 1130. The van der Waals surface area contributed by atoms with Gasteiger partial charge in [0.15, 0.2) is 0 Å². The second-order valence-corrected chi connectivity index (χ2v) is 8.85. The van der Waals surface area contributed by atoms with Crippen LogP contribution in [0.25, 0.3) is 0 Å². The number of aryl methyl sites for hydroxylation is 1. The lowest BCUT2D eigenvalue weighted by Crippen LogP contribution is -2.34. The Morgan fingerprint density at radius 3 is 2.23 bits per heavy atom. The fourth-order valence-corrected chi connectivity index (χ4v) is 4.03. The van der Waals surface area contributed by atoms with Crippen LogP contribution in [0.1, 0.15) is 28.4 Å². The zero-order valence-corrected chi connectivity index (χ0v) is 17.5. The van der Waals surface area contributed by atoms with Crippen molar-refractivity contribution in [1.82, 2.24) is 5.32 Å². The van der Waals surface area contributed by atoms with E-state index < -0.39 is 10.0 Å². The second kappa shape index (κ2) is 9.09.